The molecule has 1 amide bonds. The first-order valence-electron chi connectivity index (χ1n) is 9.79. The number of hydrogen-bond donors (Lipinski definition) is 1. The lowest BCUT2D eigenvalue weighted by molar-refractivity contribution is 0.0651. The van der Waals surface area contributed by atoms with Crippen LogP contribution in [0.1, 0.15) is 46.7 Å². The Morgan fingerprint density at radius 3 is 2.70 bits per heavy atom. The van der Waals surface area contributed by atoms with Crippen molar-refractivity contribution in [2.45, 2.75) is 39.7 Å². The lowest BCUT2D eigenvalue weighted by Crippen LogP contribution is -2.38. The van der Waals surface area contributed by atoms with Crippen molar-refractivity contribution in [2.75, 3.05) is 26.7 Å². The van der Waals surface area contributed by atoms with Crippen LogP contribution in [0, 0.1) is 19.8 Å². The molecule has 0 aliphatic carbocycles. The van der Waals surface area contributed by atoms with E-state index in [2.05, 4.69) is 18.3 Å². The highest BCUT2D eigenvalue weighted by atomic mass is 16.5. The van der Waals surface area contributed by atoms with E-state index >= 15 is 0 Å². The van der Waals surface area contributed by atoms with Crippen LogP contribution in [0.25, 0.3) is 0 Å². The summed E-state index contributed by atoms with van der Waals surface area (Å²) in [7, 11) is 1.98. The van der Waals surface area contributed by atoms with Gasteiger partial charge in [-0.15, -0.1) is 0 Å². The lowest BCUT2D eigenvalue weighted by Gasteiger charge is -2.31. The number of likely N-dealkylation sites (tertiary alicyclic amines) is 1. The Labute approximate surface area is 161 Å². The van der Waals surface area contributed by atoms with E-state index in [4.69, 9.17) is 9.15 Å². The zero-order valence-corrected chi connectivity index (χ0v) is 16.6. The van der Waals surface area contributed by atoms with E-state index in [0.29, 0.717) is 24.0 Å². The smallest absolute Gasteiger partial charge is 0.289 e. The molecular weight excluding hydrogens is 340 g/mol. The van der Waals surface area contributed by atoms with E-state index in [9.17, 15) is 4.79 Å². The highest BCUT2D eigenvalue weighted by Gasteiger charge is 2.25. The first-order valence-corrected chi connectivity index (χ1v) is 9.79. The van der Waals surface area contributed by atoms with Crippen molar-refractivity contribution in [3.63, 3.8) is 0 Å². The van der Waals surface area contributed by atoms with Gasteiger partial charge in [-0.1, -0.05) is 17.7 Å². The van der Waals surface area contributed by atoms with Gasteiger partial charge in [0.1, 0.15) is 18.1 Å². The van der Waals surface area contributed by atoms with Gasteiger partial charge < -0.3 is 19.4 Å². The number of ether oxygens (including phenoxy) is 1. The first kappa shape index (κ1) is 19.5. The van der Waals surface area contributed by atoms with E-state index in [1.807, 2.05) is 37.1 Å². The third-order valence-corrected chi connectivity index (χ3v) is 5.28. The minimum absolute atomic E-state index is 0.0140. The van der Waals surface area contributed by atoms with Crippen molar-refractivity contribution in [1.29, 1.82) is 0 Å². The number of rotatable bonds is 7. The minimum atomic E-state index is -0.0140. The summed E-state index contributed by atoms with van der Waals surface area (Å²) in [4.78, 5) is 14.6. The number of aryl methyl sites for hydroxylation is 2. The van der Waals surface area contributed by atoms with Gasteiger partial charge in [0.2, 0.25) is 0 Å². The maximum absolute atomic E-state index is 12.7. The number of nitrogens with one attached hydrogen (secondary N) is 1. The highest BCUT2D eigenvalue weighted by molar-refractivity contribution is 5.91. The third-order valence-electron chi connectivity index (χ3n) is 5.28. The Morgan fingerprint density at radius 2 is 2.00 bits per heavy atom. The number of nitrogens with zero attached hydrogens (tertiary/aromatic N) is 1. The van der Waals surface area contributed by atoms with Gasteiger partial charge in [0, 0.05) is 13.1 Å². The zero-order chi connectivity index (χ0) is 19.2. The second kappa shape index (κ2) is 9.09. The molecule has 1 fully saturated rings. The van der Waals surface area contributed by atoms with Crippen molar-refractivity contribution in [3.05, 3.63) is 53.0 Å². The molecule has 1 aromatic heterocycles. The summed E-state index contributed by atoms with van der Waals surface area (Å²) in [6.45, 7) is 7.07. The van der Waals surface area contributed by atoms with Gasteiger partial charge in [-0.3, -0.25) is 4.79 Å². The fourth-order valence-corrected chi connectivity index (χ4v) is 3.61. The molecule has 2 heterocycles. The van der Waals surface area contributed by atoms with Gasteiger partial charge in [-0.05, 0) is 76.4 Å². The summed E-state index contributed by atoms with van der Waals surface area (Å²) in [5.41, 5.74) is 2.31. The summed E-state index contributed by atoms with van der Waals surface area (Å²) < 4.78 is 11.6. The molecule has 5 heteroatoms. The molecule has 0 radical (unpaired) electrons. The maximum Gasteiger partial charge on any atom is 0.289 e. The SMILES string of the molecule is CNCCC1CCN(C(=O)c2ccc(COc3ccc(C)cc3C)o2)CC1. The van der Waals surface area contributed by atoms with Crippen LogP contribution in [0.3, 0.4) is 0 Å². The maximum atomic E-state index is 12.7. The van der Waals surface area contributed by atoms with E-state index in [0.717, 1.165) is 43.8 Å². The van der Waals surface area contributed by atoms with Crippen molar-refractivity contribution in [2.24, 2.45) is 5.92 Å². The summed E-state index contributed by atoms with van der Waals surface area (Å²) >= 11 is 0. The Balaban J connectivity index is 1.52. The molecule has 1 saturated heterocycles. The topological polar surface area (TPSA) is 54.7 Å². The fraction of sp³-hybridized carbons (Fsp3) is 0.500. The highest BCUT2D eigenvalue weighted by Crippen LogP contribution is 2.23. The van der Waals surface area contributed by atoms with Crippen LogP contribution < -0.4 is 10.1 Å². The second-order valence-electron chi connectivity index (χ2n) is 7.45. The number of carbonyl (C=O) groups excluding carboxylic acids is 1. The standard InChI is InChI=1S/C22H30N2O3/c1-16-4-6-20(17(2)14-16)26-15-19-5-7-21(27-19)22(25)24-12-9-18(10-13-24)8-11-23-3/h4-7,14,18,23H,8-13,15H2,1-3H3. The van der Waals surface area contributed by atoms with E-state index in [-0.39, 0.29) is 5.91 Å². The van der Waals surface area contributed by atoms with Crippen LogP contribution in [0.15, 0.2) is 34.7 Å². The Hall–Kier alpha value is -2.27. The second-order valence-corrected chi connectivity index (χ2v) is 7.45. The number of piperidine rings is 1. The average molecular weight is 370 g/mol. The molecular formula is C22H30N2O3. The van der Waals surface area contributed by atoms with Crippen LogP contribution in [-0.2, 0) is 6.61 Å². The Kier molecular flexibility index (Phi) is 6.56. The number of carbonyl (C=O) groups is 1. The number of hydrogen-bond acceptors (Lipinski definition) is 4. The van der Waals surface area contributed by atoms with Crippen LogP contribution in [0.4, 0.5) is 0 Å². The van der Waals surface area contributed by atoms with Crippen LogP contribution in [-0.4, -0.2) is 37.5 Å². The summed E-state index contributed by atoms with van der Waals surface area (Å²) in [6.07, 6.45) is 3.31. The number of amides is 1. The fourth-order valence-electron chi connectivity index (χ4n) is 3.61. The molecule has 0 saturated carbocycles. The molecule has 0 bridgehead atoms. The zero-order valence-electron chi connectivity index (χ0n) is 16.6. The van der Waals surface area contributed by atoms with Gasteiger partial charge >= 0.3 is 0 Å². The van der Waals surface area contributed by atoms with Gasteiger partial charge in [0.05, 0.1) is 0 Å². The van der Waals surface area contributed by atoms with Gasteiger partial charge in [0.15, 0.2) is 5.76 Å². The predicted octanol–water partition coefficient (Wildman–Crippen LogP) is 3.94. The van der Waals surface area contributed by atoms with E-state index in [1.54, 1.807) is 6.07 Å². The van der Waals surface area contributed by atoms with Crippen molar-refractivity contribution < 1.29 is 13.9 Å². The first-order chi connectivity index (χ1) is 13.1. The minimum Gasteiger partial charge on any atom is -0.485 e. The van der Waals surface area contributed by atoms with Crippen molar-refractivity contribution in [3.8, 4) is 5.75 Å². The lowest BCUT2D eigenvalue weighted by atomic mass is 9.93. The van der Waals surface area contributed by atoms with Crippen molar-refractivity contribution in [1.82, 2.24) is 10.2 Å². The largest absolute Gasteiger partial charge is 0.485 e. The molecule has 2 aromatic rings. The van der Waals surface area contributed by atoms with E-state index in [1.165, 1.54) is 12.0 Å². The Morgan fingerprint density at radius 1 is 1.22 bits per heavy atom. The van der Waals surface area contributed by atoms with Gasteiger partial charge in [-0.25, -0.2) is 0 Å². The third kappa shape index (κ3) is 5.13. The average Bonchev–Trinajstić information content (AvgIpc) is 3.14. The monoisotopic (exact) mass is 370 g/mol. The van der Waals surface area contributed by atoms with Crippen LogP contribution in [0.5, 0.6) is 5.75 Å². The predicted molar refractivity (Wildman–Crippen MR) is 106 cm³/mol. The quantitative estimate of drug-likeness (QED) is 0.802. The Bertz CT molecular complexity index is 761. The van der Waals surface area contributed by atoms with E-state index < -0.39 is 0 Å². The molecule has 1 aliphatic heterocycles. The molecule has 1 aliphatic rings. The summed E-state index contributed by atoms with van der Waals surface area (Å²) in [5.74, 6) is 2.61. The molecule has 146 valence electrons. The van der Waals surface area contributed by atoms with Gasteiger partial charge in [0.25, 0.3) is 5.91 Å². The molecule has 0 unspecified atom stereocenters. The summed E-state index contributed by atoms with van der Waals surface area (Å²) in [6, 6.07) is 9.68. The van der Waals surface area contributed by atoms with Gasteiger partial charge in [-0.2, -0.15) is 0 Å². The van der Waals surface area contributed by atoms with Crippen LogP contribution in [0.2, 0.25) is 0 Å². The molecule has 0 atom stereocenters. The molecule has 27 heavy (non-hydrogen) atoms. The summed E-state index contributed by atoms with van der Waals surface area (Å²) in [5, 5.41) is 3.20. The van der Waals surface area contributed by atoms with Crippen LogP contribution >= 0.6 is 0 Å². The van der Waals surface area contributed by atoms with Crippen molar-refractivity contribution >= 4 is 5.91 Å². The molecule has 5 nitrogen and oxygen atoms in total. The molecule has 3 rings (SSSR count). The normalized spacial score (nSPS) is 15.1. The molecule has 1 aromatic carbocycles. The molecule has 1 N–H and O–H groups in total. The molecule has 0 spiro atoms. The number of furan rings is 1. The number of benzene rings is 1.